The monoisotopic (exact) mass is 308 g/mol. The summed E-state index contributed by atoms with van der Waals surface area (Å²) in [5.41, 5.74) is -1.12. The van der Waals surface area contributed by atoms with Gasteiger partial charge >= 0.3 is 12.1 Å². The lowest BCUT2D eigenvalue weighted by Crippen LogP contribution is -2.30. The van der Waals surface area contributed by atoms with Crippen LogP contribution in [-0.4, -0.2) is 36.0 Å². The van der Waals surface area contributed by atoms with Crippen molar-refractivity contribution >= 4 is 5.97 Å². The summed E-state index contributed by atoms with van der Waals surface area (Å²) in [6.07, 6.45) is -8.26. The molecule has 1 aromatic carbocycles. The van der Waals surface area contributed by atoms with E-state index in [2.05, 4.69) is 4.74 Å². The van der Waals surface area contributed by atoms with Crippen LogP contribution >= 0.6 is 0 Å². The summed E-state index contributed by atoms with van der Waals surface area (Å²) in [7, 11) is 1.11. The highest BCUT2D eigenvalue weighted by atomic mass is 19.4. The van der Waals surface area contributed by atoms with E-state index >= 15 is 0 Å². The van der Waals surface area contributed by atoms with Gasteiger partial charge in [-0.1, -0.05) is 6.07 Å². The van der Waals surface area contributed by atoms with Gasteiger partial charge in [-0.25, -0.2) is 4.79 Å². The van der Waals surface area contributed by atoms with Crippen LogP contribution in [0.4, 0.5) is 13.2 Å². The summed E-state index contributed by atoms with van der Waals surface area (Å²) in [6, 6.07) is 2.34. The maximum absolute atomic E-state index is 12.6. The van der Waals surface area contributed by atoms with Crippen LogP contribution in [0.15, 0.2) is 18.2 Å². The van der Waals surface area contributed by atoms with E-state index in [0.29, 0.717) is 6.07 Å². The Balaban J connectivity index is 3.10. The third-order valence-electron chi connectivity index (χ3n) is 2.71. The Hall–Kier alpha value is -1.80. The highest BCUT2D eigenvalue weighted by Crippen LogP contribution is 2.35. The lowest BCUT2D eigenvalue weighted by molar-refractivity contribution is -0.159. The molecule has 21 heavy (non-hydrogen) atoms. The first-order chi connectivity index (χ1) is 9.72. The van der Waals surface area contributed by atoms with Crippen molar-refractivity contribution in [3.63, 3.8) is 0 Å². The molecule has 0 aromatic heterocycles. The average Bonchev–Trinajstić information content (AvgIpc) is 2.44. The number of halogens is 3. The van der Waals surface area contributed by atoms with Gasteiger partial charge in [0, 0.05) is 5.56 Å². The van der Waals surface area contributed by atoms with Gasteiger partial charge in [0.25, 0.3) is 0 Å². The summed E-state index contributed by atoms with van der Waals surface area (Å²) < 4.78 is 47.0. The van der Waals surface area contributed by atoms with E-state index in [4.69, 9.17) is 4.74 Å². The van der Waals surface area contributed by atoms with Gasteiger partial charge in [0.1, 0.15) is 11.9 Å². The van der Waals surface area contributed by atoms with Crippen LogP contribution in [0.2, 0.25) is 0 Å². The summed E-state index contributed by atoms with van der Waals surface area (Å²) in [6.45, 7) is 1.50. The quantitative estimate of drug-likeness (QED) is 0.809. The van der Waals surface area contributed by atoms with Crippen LogP contribution in [0.25, 0.3) is 0 Å². The minimum absolute atomic E-state index is 0.00718. The number of aliphatic hydroxyl groups excluding tert-OH is 2. The number of alkyl halides is 3. The number of hydrogen-bond acceptors (Lipinski definition) is 5. The third kappa shape index (κ3) is 4.08. The molecular formula is C13H15F3O5. The van der Waals surface area contributed by atoms with Crippen molar-refractivity contribution < 1.29 is 37.7 Å². The molecule has 1 aromatic rings. The molecule has 0 saturated carbocycles. The van der Waals surface area contributed by atoms with Crippen molar-refractivity contribution in [1.29, 1.82) is 0 Å². The van der Waals surface area contributed by atoms with Crippen molar-refractivity contribution in [2.24, 2.45) is 0 Å². The molecule has 0 fully saturated rings. The highest BCUT2D eigenvalue weighted by molar-refractivity contribution is 5.75. The molecule has 1 rings (SSSR count). The molecule has 0 radical (unpaired) electrons. The number of hydrogen-bond donors (Lipinski definition) is 2. The molecule has 0 saturated heterocycles. The molecule has 118 valence electrons. The van der Waals surface area contributed by atoms with E-state index in [-0.39, 0.29) is 17.9 Å². The largest absolute Gasteiger partial charge is 0.496 e. The van der Waals surface area contributed by atoms with Crippen LogP contribution in [0.3, 0.4) is 0 Å². The van der Waals surface area contributed by atoms with Crippen LogP contribution in [0.1, 0.15) is 24.2 Å². The van der Waals surface area contributed by atoms with E-state index in [9.17, 15) is 28.2 Å². The van der Waals surface area contributed by atoms with Gasteiger partial charge in [-0.3, -0.25) is 0 Å². The highest BCUT2D eigenvalue weighted by Gasteiger charge is 2.34. The molecule has 0 amide bonds. The second-order valence-corrected chi connectivity index (χ2v) is 4.10. The Morgan fingerprint density at radius 2 is 1.95 bits per heavy atom. The molecule has 0 spiro atoms. The Morgan fingerprint density at radius 3 is 2.43 bits per heavy atom. The van der Waals surface area contributed by atoms with Crippen LogP contribution in [0.5, 0.6) is 5.75 Å². The van der Waals surface area contributed by atoms with Gasteiger partial charge in [-0.2, -0.15) is 13.2 Å². The molecule has 2 unspecified atom stereocenters. The number of methoxy groups -OCH3 is 1. The number of ether oxygens (including phenoxy) is 2. The molecule has 0 bridgehead atoms. The lowest BCUT2D eigenvalue weighted by atomic mass is 10.0. The summed E-state index contributed by atoms with van der Waals surface area (Å²) in [4.78, 5) is 11.3. The second-order valence-electron chi connectivity index (χ2n) is 4.10. The molecule has 5 nitrogen and oxygen atoms in total. The topological polar surface area (TPSA) is 76.0 Å². The predicted molar refractivity (Wildman–Crippen MR) is 65.6 cm³/mol. The van der Waals surface area contributed by atoms with Crippen LogP contribution < -0.4 is 4.74 Å². The van der Waals surface area contributed by atoms with E-state index in [1.807, 2.05) is 0 Å². The molecule has 2 N–H and O–H groups in total. The Morgan fingerprint density at radius 1 is 1.33 bits per heavy atom. The number of carbonyl (C=O) groups is 1. The lowest BCUT2D eigenvalue weighted by Gasteiger charge is -2.20. The van der Waals surface area contributed by atoms with E-state index < -0.39 is 29.9 Å². The predicted octanol–water partition coefficient (Wildman–Crippen LogP) is 1.67. The van der Waals surface area contributed by atoms with E-state index in [1.165, 1.54) is 6.92 Å². The van der Waals surface area contributed by atoms with Gasteiger partial charge in [-0.05, 0) is 19.1 Å². The van der Waals surface area contributed by atoms with Crippen molar-refractivity contribution in [3.05, 3.63) is 29.3 Å². The normalized spacial score (nSPS) is 14.4. The average molecular weight is 308 g/mol. The summed E-state index contributed by atoms with van der Waals surface area (Å²) in [5, 5.41) is 19.5. The maximum Gasteiger partial charge on any atom is 0.416 e. The smallest absolute Gasteiger partial charge is 0.416 e. The first-order valence-corrected chi connectivity index (χ1v) is 6.00. The van der Waals surface area contributed by atoms with E-state index in [0.717, 1.165) is 19.2 Å². The Bertz CT molecular complexity index is 501. The fraction of sp³-hybridized carbons (Fsp3) is 0.462. The van der Waals surface area contributed by atoms with Crippen molar-refractivity contribution in [3.8, 4) is 5.75 Å². The molecule has 0 heterocycles. The number of aliphatic hydroxyl groups is 2. The Labute approximate surface area is 118 Å². The Kier molecular flexibility index (Phi) is 5.56. The zero-order chi connectivity index (χ0) is 16.2. The third-order valence-corrected chi connectivity index (χ3v) is 2.71. The molecule has 8 heteroatoms. The first-order valence-electron chi connectivity index (χ1n) is 6.00. The van der Waals surface area contributed by atoms with Gasteiger partial charge in [0.05, 0.1) is 19.3 Å². The number of esters is 1. The molecular weight excluding hydrogens is 293 g/mol. The minimum atomic E-state index is -4.57. The van der Waals surface area contributed by atoms with Crippen molar-refractivity contribution in [2.75, 3.05) is 13.7 Å². The molecule has 0 aliphatic heterocycles. The standard InChI is InChI=1S/C13H15F3O5/c1-3-21-12(19)11(18)10(17)8-5-4-7(13(14,15)16)6-9(8)20-2/h4-6,10-11,17-18H,3H2,1-2H3. The zero-order valence-electron chi connectivity index (χ0n) is 11.3. The first kappa shape index (κ1) is 17.3. The SMILES string of the molecule is CCOC(=O)C(O)C(O)c1ccc(C(F)(F)F)cc1OC. The maximum atomic E-state index is 12.6. The summed E-state index contributed by atoms with van der Waals surface area (Å²) in [5.74, 6) is -1.37. The minimum Gasteiger partial charge on any atom is -0.496 e. The number of rotatable bonds is 5. The van der Waals surface area contributed by atoms with Gasteiger partial charge in [-0.15, -0.1) is 0 Å². The molecule has 0 aliphatic carbocycles. The van der Waals surface area contributed by atoms with E-state index in [1.54, 1.807) is 0 Å². The zero-order valence-corrected chi connectivity index (χ0v) is 11.3. The number of carbonyl (C=O) groups excluding carboxylic acids is 1. The van der Waals surface area contributed by atoms with Crippen LogP contribution in [-0.2, 0) is 15.7 Å². The van der Waals surface area contributed by atoms with Crippen molar-refractivity contribution in [2.45, 2.75) is 25.3 Å². The molecule has 2 atom stereocenters. The van der Waals surface area contributed by atoms with Gasteiger partial charge < -0.3 is 19.7 Å². The fourth-order valence-corrected chi connectivity index (χ4v) is 1.66. The fourth-order valence-electron chi connectivity index (χ4n) is 1.66. The number of benzene rings is 1. The van der Waals surface area contributed by atoms with Gasteiger partial charge in [0.15, 0.2) is 6.10 Å². The van der Waals surface area contributed by atoms with Gasteiger partial charge in [0.2, 0.25) is 0 Å². The molecule has 0 aliphatic rings. The second kappa shape index (κ2) is 6.77. The van der Waals surface area contributed by atoms with Crippen molar-refractivity contribution in [1.82, 2.24) is 0 Å². The van der Waals surface area contributed by atoms with Crippen LogP contribution in [0, 0.1) is 0 Å². The summed E-state index contributed by atoms with van der Waals surface area (Å²) >= 11 is 0.